The Bertz CT molecular complexity index is 288. The lowest BCUT2D eigenvalue weighted by Gasteiger charge is -2.15. The summed E-state index contributed by atoms with van der Waals surface area (Å²) >= 11 is 4.49. The van der Waals surface area contributed by atoms with Crippen LogP contribution < -0.4 is 5.32 Å². The highest BCUT2D eigenvalue weighted by molar-refractivity contribution is 9.09. The number of carbonyl (C=O) groups is 1. The first-order valence-corrected chi connectivity index (χ1v) is 6.36. The van der Waals surface area contributed by atoms with E-state index < -0.39 is 0 Å². The molecule has 0 aliphatic rings. The van der Waals surface area contributed by atoms with Crippen molar-refractivity contribution in [2.24, 2.45) is 0 Å². The van der Waals surface area contributed by atoms with Crippen molar-refractivity contribution >= 4 is 33.4 Å². The van der Waals surface area contributed by atoms with Gasteiger partial charge in [0.05, 0.1) is 12.6 Å². The molecule has 0 fully saturated rings. The van der Waals surface area contributed by atoms with Gasteiger partial charge in [0.2, 0.25) is 0 Å². The fourth-order valence-electron chi connectivity index (χ4n) is 1.05. The zero-order valence-corrected chi connectivity index (χ0v) is 10.7. The molecule has 0 aromatic carbocycles. The zero-order valence-electron chi connectivity index (χ0n) is 8.27. The van der Waals surface area contributed by atoms with Gasteiger partial charge in [0.1, 0.15) is 0 Å². The maximum absolute atomic E-state index is 11.6. The highest BCUT2D eigenvalue weighted by Gasteiger charge is 2.14. The number of alkyl halides is 1. The van der Waals surface area contributed by atoms with Crippen molar-refractivity contribution in [3.63, 3.8) is 0 Å². The van der Waals surface area contributed by atoms with Gasteiger partial charge in [-0.3, -0.25) is 4.79 Å². The summed E-state index contributed by atoms with van der Waals surface area (Å²) in [5.41, 5.74) is 0.357. The van der Waals surface area contributed by atoms with Crippen LogP contribution in [0.1, 0.15) is 16.9 Å². The summed E-state index contributed by atoms with van der Waals surface area (Å²) in [5.74, 6) is -0.202. The van der Waals surface area contributed by atoms with Crippen LogP contribution in [0.5, 0.6) is 0 Å². The molecule has 84 valence electrons. The molecule has 0 saturated carbocycles. The average molecular weight is 294 g/mol. The number of aromatic nitrogens is 2. The van der Waals surface area contributed by atoms with Gasteiger partial charge in [-0.15, -0.1) is 5.10 Å². The van der Waals surface area contributed by atoms with Crippen LogP contribution in [0.15, 0.2) is 5.38 Å². The van der Waals surface area contributed by atoms with Crippen molar-refractivity contribution in [2.45, 2.75) is 12.5 Å². The molecule has 1 rings (SSSR count). The highest BCUT2D eigenvalue weighted by atomic mass is 79.9. The van der Waals surface area contributed by atoms with Crippen molar-refractivity contribution in [3.8, 4) is 0 Å². The quantitative estimate of drug-likeness (QED) is 0.797. The Morgan fingerprint density at radius 1 is 1.80 bits per heavy atom. The number of ether oxygens (including phenoxy) is 1. The van der Waals surface area contributed by atoms with Crippen LogP contribution in [-0.2, 0) is 4.74 Å². The molecule has 0 aliphatic carbocycles. The van der Waals surface area contributed by atoms with Gasteiger partial charge in [0, 0.05) is 17.8 Å². The fraction of sp³-hybridized carbons (Fsp3) is 0.625. The predicted molar refractivity (Wildman–Crippen MR) is 61.5 cm³/mol. The van der Waals surface area contributed by atoms with Crippen molar-refractivity contribution in [1.29, 1.82) is 0 Å². The maximum Gasteiger partial charge on any atom is 0.273 e. The molecule has 1 heterocycles. The first-order valence-electron chi connectivity index (χ1n) is 4.40. The first kappa shape index (κ1) is 12.5. The number of nitrogens with one attached hydrogen (secondary N) is 1. The lowest BCUT2D eigenvalue weighted by atomic mass is 10.2. The number of nitrogens with zero attached hydrogens (tertiary/aromatic N) is 2. The Balaban J connectivity index is 2.47. The molecule has 15 heavy (non-hydrogen) atoms. The van der Waals surface area contributed by atoms with Gasteiger partial charge in [-0.05, 0) is 18.0 Å². The Morgan fingerprint density at radius 2 is 2.60 bits per heavy atom. The van der Waals surface area contributed by atoms with Crippen LogP contribution in [0.25, 0.3) is 0 Å². The summed E-state index contributed by atoms with van der Waals surface area (Å²) in [5, 5.41) is 8.96. The van der Waals surface area contributed by atoms with E-state index in [0.717, 1.165) is 23.3 Å². The molecule has 1 aromatic rings. The Hall–Kier alpha value is -0.530. The number of halogens is 1. The molecule has 1 amide bonds. The first-order chi connectivity index (χ1) is 7.27. The summed E-state index contributed by atoms with van der Waals surface area (Å²) in [6.45, 7) is 0.495. The van der Waals surface area contributed by atoms with E-state index in [4.69, 9.17) is 4.74 Å². The number of rotatable bonds is 6. The number of hydrogen-bond donors (Lipinski definition) is 1. The van der Waals surface area contributed by atoms with Crippen LogP contribution in [0.3, 0.4) is 0 Å². The van der Waals surface area contributed by atoms with E-state index in [0.29, 0.717) is 12.3 Å². The molecule has 5 nitrogen and oxygen atoms in total. The number of methoxy groups -OCH3 is 1. The van der Waals surface area contributed by atoms with Crippen LogP contribution >= 0.6 is 27.5 Å². The highest BCUT2D eigenvalue weighted by Crippen LogP contribution is 2.01. The molecular weight excluding hydrogens is 282 g/mol. The van der Waals surface area contributed by atoms with Gasteiger partial charge in [-0.25, -0.2) is 0 Å². The standard InChI is InChI=1S/C8H12BrN3O2S/c1-14-4-6(2-3-9)10-8(13)7-5-15-12-11-7/h5-6H,2-4H2,1H3,(H,10,13). The molecule has 0 aliphatic heterocycles. The van der Waals surface area contributed by atoms with E-state index in [1.807, 2.05) is 0 Å². The van der Waals surface area contributed by atoms with E-state index in [1.165, 1.54) is 0 Å². The third-order valence-electron chi connectivity index (χ3n) is 1.75. The minimum absolute atomic E-state index is 0.00331. The summed E-state index contributed by atoms with van der Waals surface area (Å²) in [4.78, 5) is 11.6. The van der Waals surface area contributed by atoms with Gasteiger partial charge in [-0.2, -0.15) is 0 Å². The minimum Gasteiger partial charge on any atom is -0.383 e. The second-order valence-electron chi connectivity index (χ2n) is 2.89. The second kappa shape index (κ2) is 6.86. The number of hydrogen-bond acceptors (Lipinski definition) is 5. The van der Waals surface area contributed by atoms with Gasteiger partial charge < -0.3 is 10.1 Å². The molecule has 0 bridgehead atoms. The molecule has 0 saturated heterocycles. The Morgan fingerprint density at radius 3 is 3.13 bits per heavy atom. The molecule has 1 aromatic heterocycles. The van der Waals surface area contributed by atoms with E-state index in [9.17, 15) is 4.79 Å². The van der Waals surface area contributed by atoms with E-state index in [2.05, 4.69) is 30.8 Å². The molecule has 0 radical (unpaired) electrons. The summed E-state index contributed by atoms with van der Waals surface area (Å²) in [6, 6.07) is 0.00331. The van der Waals surface area contributed by atoms with E-state index in [-0.39, 0.29) is 11.9 Å². The molecule has 1 unspecified atom stereocenters. The molecule has 1 atom stereocenters. The summed E-state index contributed by atoms with van der Waals surface area (Å²) < 4.78 is 8.64. The van der Waals surface area contributed by atoms with Crippen LogP contribution in [0, 0.1) is 0 Å². The van der Waals surface area contributed by atoms with Gasteiger partial charge >= 0.3 is 0 Å². The third kappa shape index (κ3) is 4.23. The van der Waals surface area contributed by atoms with Crippen molar-refractivity contribution < 1.29 is 9.53 Å². The number of amides is 1. The van der Waals surface area contributed by atoms with Gasteiger partial charge in [-0.1, -0.05) is 20.4 Å². The van der Waals surface area contributed by atoms with Gasteiger partial charge in [0.25, 0.3) is 5.91 Å². The molecule has 0 spiro atoms. The largest absolute Gasteiger partial charge is 0.383 e. The zero-order chi connectivity index (χ0) is 11.1. The second-order valence-corrected chi connectivity index (χ2v) is 4.30. The van der Waals surface area contributed by atoms with Crippen LogP contribution in [0.2, 0.25) is 0 Å². The average Bonchev–Trinajstić information content (AvgIpc) is 2.71. The van der Waals surface area contributed by atoms with Crippen molar-refractivity contribution in [1.82, 2.24) is 14.9 Å². The number of carbonyl (C=O) groups excluding carboxylic acids is 1. The monoisotopic (exact) mass is 293 g/mol. The van der Waals surface area contributed by atoms with Crippen LogP contribution in [-0.4, -0.2) is 40.6 Å². The predicted octanol–water partition coefficient (Wildman–Crippen LogP) is 1.07. The topological polar surface area (TPSA) is 64.1 Å². The molecule has 7 heteroatoms. The third-order valence-corrected chi connectivity index (χ3v) is 2.72. The molecule has 1 N–H and O–H groups in total. The SMILES string of the molecule is COCC(CCBr)NC(=O)c1csnn1. The van der Waals surface area contributed by atoms with Crippen LogP contribution in [0.4, 0.5) is 0 Å². The molecular formula is C8H12BrN3O2S. The normalized spacial score (nSPS) is 12.4. The summed E-state index contributed by atoms with van der Waals surface area (Å²) in [7, 11) is 1.61. The Kier molecular flexibility index (Phi) is 5.74. The van der Waals surface area contributed by atoms with Gasteiger partial charge in [0.15, 0.2) is 5.69 Å². The van der Waals surface area contributed by atoms with Crippen molar-refractivity contribution in [3.05, 3.63) is 11.1 Å². The van der Waals surface area contributed by atoms with E-state index >= 15 is 0 Å². The lowest BCUT2D eigenvalue weighted by Crippen LogP contribution is -2.38. The maximum atomic E-state index is 11.6. The minimum atomic E-state index is -0.202. The van der Waals surface area contributed by atoms with Crippen molar-refractivity contribution in [2.75, 3.05) is 19.0 Å². The van der Waals surface area contributed by atoms with E-state index in [1.54, 1.807) is 12.5 Å². The fourth-order valence-corrected chi connectivity index (χ4v) is 2.04. The Labute approximate surface area is 101 Å². The summed E-state index contributed by atoms with van der Waals surface area (Å²) in [6.07, 6.45) is 0.817. The lowest BCUT2D eigenvalue weighted by molar-refractivity contribution is 0.0890. The smallest absolute Gasteiger partial charge is 0.273 e.